The van der Waals surface area contributed by atoms with Crippen LogP contribution in [0.2, 0.25) is 0 Å². The van der Waals surface area contributed by atoms with E-state index in [1.807, 2.05) is 86.6 Å². The number of hydrogen-bond acceptors (Lipinski definition) is 5. The topological polar surface area (TPSA) is 54.5 Å². The Morgan fingerprint density at radius 2 is 1.89 bits per heavy atom. The molecule has 0 unspecified atom stereocenters. The van der Waals surface area contributed by atoms with Gasteiger partial charge in [-0.2, -0.15) is 0 Å². The van der Waals surface area contributed by atoms with Crippen molar-refractivity contribution >= 4 is 22.9 Å². The maximum absolute atomic E-state index is 12.7. The number of carbonyl (C=O) groups excluding carboxylic acids is 1. The second-order valence-electron chi connectivity index (χ2n) is 6.34. The molecule has 0 saturated carbocycles. The molecule has 1 amide bonds. The Balaban J connectivity index is 1.66. The third-order valence-electron chi connectivity index (χ3n) is 4.23. The number of rotatable bonds is 7. The molecule has 6 heteroatoms. The first-order valence-corrected chi connectivity index (χ1v) is 9.59. The van der Waals surface area contributed by atoms with Crippen LogP contribution < -0.4 is 10.1 Å². The minimum Gasteiger partial charge on any atom is -0.455 e. The molecule has 1 heterocycles. The number of ether oxygens (including phenoxy) is 1. The van der Waals surface area contributed by atoms with Crippen molar-refractivity contribution in [2.45, 2.75) is 26.4 Å². The summed E-state index contributed by atoms with van der Waals surface area (Å²) in [4.78, 5) is 20.1. The van der Waals surface area contributed by atoms with Gasteiger partial charge in [-0.1, -0.05) is 30.3 Å². The summed E-state index contributed by atoms with van der Waals surface area (Å²) in [5.41, 5.74) is 0.653. The van der Waals surface area contributed by atoms with Gasteiger partial charge in [-0.05, 0) is 45.2 Å². The van der Waals surface area contributed by atoms with Gasteiger partial charge in [0.15, 0.2) is 5.75 Å². The number of carbonyl (C=O) groups is 1. The van der Waals surface area contributed by atoms with Crippen molar-refractivity contribution in [3.05, 3.63) is 70.7 Å². The molecule has 0 spiro atoms. The Morgan fingerprint density at radius 3 is 2.59 bits per heavy atom. The zero-order chi connectivity index (χ0) is 19.2. The Kier molecular flexibility index (Phi) is 6.21. The van der Waals surface area contributed by atoms with E-state index in [4.69, 9.17) is 4.74 Å². The molecule has 0 aliphatic carbocycles. The number of amides is 1. The van der Waals surface area contributed by atoms with E-state index in [-0.39, 0.29) is 11.9 Å². The highest BCUT2D eigenvalue weighted by Gasteiger charge is 2.20. The van der Waals surface area contributed by atoms with E-state index in [1.54, 1.807) is 11.3 Å². The largest absolute Gasteiger partial charge is 0.455 e. The number of nitrogens with zero attached hydrogens (tertiary/aromatic N) is 2. The number of nitrogens with one attached hydrogen (secondary N) is 1. The zero-order valence-corrected chi connectivity index (χ0v) is 16.5. The van der Waals surface area contributed by atoms with Crippen LogP contribution in [-0.2, 0) is 11.3 Å². The van der Waals surface area contributed by atoms with Crippen LogP contribution in [-0.4, -0.2) is 28.9 Å². The number of thiazole rings is 1. The van der Waals surface area contributed by atoms with Gasteiger partial charge in [0.05, 0.1) is 16.7 Å². The lowest BCUT2D eigenvalue weighted by Crippen LogP contribution is -2.39. The van der Waals surface area contributed by atoms with E-state index >= 15 is 0 Å². The van der Waals surface area contributed by atoms with Gasteiger partial charge in [0.25, 0.3) is 0 Å². The highest BCUT2D eigenvalue weighted by molar-refractivity contribution is 7.11. The van der Waals surface area contributed by atoms with Crippen molar-refractivity contribution in [1.82, 2.24) is 9.88 Å². The number of aromatic nitrogens is 1. The fourth-order valence-electron chi connectivity index (χ4n) is 2.57. The second kappa shape index (κ2) is 8.79. The second-order valence-corrected chi connectivity index (χ2v) is 7.66. The molecule has 1 atom stereocenters. The van der Waals surface area contributed by atoms with Crippen molar-refractivity contribution in [3.63, 3.8) is 0 Å². The van der Waals surface area contributed by atoms with Gasteiger partial charge in [0.1, 0.15) is 5.75 Å². The van der Waals surface area contributed by atoms with Crippen molar-refractivity contribution in [1.29, 1.82) is 0 Å². The third-order valence-corrected chi connectivity index (χ3v) is 5.13. The number of benzene rings is 2. The smallest absolute Gasteiger partial charge is 0.241 e. The SMILES string of the molecule is Cc1ncc(CN(C)[C@H](C)C(=O)Nc2ccccc2Oc2ccccc2)s1. The summed E-state index contributed by atoms with van der Waals surface area (Å²) in [5, 5.41) is 4.01. The fourth-order valence-corrected chi connectivity index (χ4v) is 3.43. The first-order chi connectivity index (χ1) is 13.0. The molecule has 2 aromatic carbocycles. The summed E-state index contributed by atoms with van der Waals surface area (Å²) in [6.45, 7) is 4.56. The Morgan fingerprint density at radius 1 is 1.19 bits per heavy atom. The molecule has 0 aliphatic heterocycles. The van der Waals surface area contributed by atoms with E-state index in [9.17, 15) is 4.79 Å². The molecule has 1 aromatic heterocycles. The molecule has 1 N–H and O–H groups in total. The molecular weight excluding hydrogens is 358 g/mol. The van der Waals surface area contributed by atoms with Crippen LogP contribution in [0.5, 0.6) is 11.5 Å². The molecule has 0 radical (unpaired) electrons. The molecule has 5 nitrogen and oxygen atoms in total. The van der Waals surface area contributed by atoms with E-state index in [0.717, 1.165) is 15.6 Å². The van der Waals surface area contributed by atoms with Crippen LogP contribution >= 0.6 is 11.3 Å². The van der Waals surface area contributed by atoms with E-state index in [1.165, 1.54) is 0 Å². The molecule has 0 fully saturated rings. The maximum Gasteiger partial charge on any atom is 0.241 e. The summed E-state index contributed by atoms with van der Waals surface area (Å²) in [7, 11) is 1.94. The number of likely N-dealkylation sites (N-methyl/N-ethyl adjacent to an activating group) is 1. The lowest BCUT2D eigenvalue weighted by atomic mass is 10.2. The van der Waals surface area contributed by atoms with Crippen molar-refractivity contribution < 1.29 is 9.53 Å². The average molecular weight is 382 g/mol. The molecule has 27 heavy (non-hydrogen) atoms. The third kappa shape index (κ3) is 5.15. The highest BCUT2D eigenvalue weighted by Crippen LogP contribution is 2.29. The molecule has 3 rings (SSSR count). The zero-order valence-electron chi connectivity index (χ0n) is 15.7. The minimum atomic E-state index is -0.294. The number of hydrogen-bond donors (Lipinski definition) is 1. The number of aryl methyl sites for hydroxylation is 1. The summed E-state index contributed by atoms with van der Waals surface area (Å²) in [5.74, 6) is 1.26. The lowest BCUT2D eigenvalue weighted by molar-refractivity contribution is -0.120. The Hall–Kier alpha value is -2.70. The molecule has 140 valence electrons. The average Bonchev–Trinajstić information content (AvgIpc) is 3.08. The highest BCUT2D eigenvalue weighted by atomic mass is 32.1. The van der Waals surface area contributed by atoms with Crippen LogP contribution in [0, 0.1) is 6.92 Å². The molecular formula is C21H23N3O2S. The lowest BCUT2D eigenvalue weighted by Gasteiger charge is -2.23. The quantitative estimate of drug-likeness (QED) is 0.644. The molecule has 0 bridgehead atoms. The summed E-state index contributed by atoms with van der Waals surface area (Å²) < 4.78 is 5.91. The van der Waals surface area contributed by atoms with Crippen LogP contribution in [0.4, 0.5) is 5.69 Å². The van der Waals surface area contributed by atoms with Crippen LogP contribution in [0.1, 0.15) is 16.8 Å². The maximum atomic E-state index is 12.7. The van der Waals surface area contributed by atoms with Gasteiger partial charge in [0.2, 0.25) is 5.91 Å². The van der Waals surface area contributed by atoms with Crippen molar-refractivity contribution in [2.75, 3.05) is 12.4 Å². The van der Waals surface area contributed by atoms with E-state index in [0.29, 0.717) is 18.0 Å². The fraction of sp³-hybridized carbons (Fsp3) is 0.238. The van der Waals surface area contributed by atoms with Crippen molar-refractivity contribution in [2.24, 2.45) is 0 Å². The monoisotopic (exact) mass is 381 g/mol. The normalized spacial score (nSPS) is 12.0. The van der Waals surface area contributed by atoms with Gasteiger partial charge < -0.3 is 10.1 Å². The molecule has 0 saturated heterocycles. The van der Waals surface area contributed by atoms with Gasteiger partial charge in [-0.3, -0.25) is 9.69 Å². The van der Waals surface area contributed by atoms with E-state index < -0.39 is 0 Å². The predicted molar refractivity (Wildman–Crippen MR) is 109 cm³/mol. The van der Waals surface area contributed by atoms with Crippen LogP contribution in [0.3, 0.4) is 0 Å². The molecule has 0 aliphatic rings. The first kappa shape index (κ1) is 19.1. The van der Waals surface area contributed by atoms with Crippen LogP contribution in [0.25, 0.3) is 0 Å². The minimum absolute atomic E-state index is 0.0807. The Bertz CT molecular complexity index is 895. The van der Waals surface area contributed by atoms with E-state index in [2.05, 4.69) is 10.3 Å². The van der Waals surface area contributed by atoms with Gasteiger partial charge in [0, 0.05) is 17.6 Å². The van der Waals surface area contributed by atoms with Gasteiger partial charge in [-0.15, -0.1) is 11.3 Å². The number of anilines is 1. The predicted octanol–water partition coefficient (Wildman–Crippen LogP) is 4.70. The first-order valence-electron chi connectivity index (χ1n) is 8.77. The number of para-hydroxylation sites is 3. The van der Waals surface area contributed by atoms with Gasteiger partial charge >= 0.3 is 0 Å². The van der Waals surface area contributed by atoms with Gasteiger partial charge in [-0.25, -0.2) is 4.98 Å². The summed E-state index contributed by atoms with van der Waals surface area (Å²) in [6, 6.07) is 16.7. The standard InChI is InChI=1S/C21H23N3O2S/c1-15(24(3)14-18-13-22-16(2)27-18)21(25)23-19-11-7-8-12-20(19)26-17-9-5-4-6-10-17/h4-13,15H,14H2,1-3H3,(H,23,25)/t15-/m1/s1. The summed E-state index contributed by atoms with van der Waals surface area (Å²) in [6.07, 6.45) is 1.87. The molecule has 3 aromatic rings. The van der Waals surface area contributed by atoms with Crippen molar-refractivity contribution in [3.8, 4) is 11.5 Å². The summed E-state index contributed by atoms with van der Waals surface area (Å²) >= 11 is 1.65. The Labute approximate surface area is 163 Å². The van der Waals surface area contributed by atoms with Crippen LogP contribution in [0.15, 0.2) is 60.8 Å².